The summed E-state index contributed by atoms with van der Waals surface area (Å²) >= 11 is 0. The molecule has 2 N–H and O–H groups in total. The minimum Gasteiger partial charge on any atom is -0.504 e. The highest BCUT2D eigenvalue weighted by molar-refractivity contribution is 5.94. The van der Waals surface area contributed by atoms with Crippen molar-refractivity contribution in [2.75, 3.05) is 7.11 Å². The highest BCUT2D eigenvalue weighted by Gasteiger charge is 2.11. The van der Waals surface area contributed by atoms with Gasteiger partial charge < -0.3 is 14.4 Å². The molecule has 1 aromatic heterocycles. The van der Waals surface area contributed by atoms with Gasteiger partial charge in [-0.1, -0.05) is 29.8 Å². The van der Waals surface area contributed by atoms with Crippen LogP contribution in [0, 0.1) is 6.92 Å². The van der Waals surface area contributed by atoms with Crippen LogP contribution in [0.3, 0.4) is 0 Å². The third-order valence-corrected chi connectivity index (χ3v) is 4.28. The van der Waals surface area contributed by atoms with Crippen molar-refractivity contribution in [3.8, 4) is 11.5 Å². The van der Waals surface area contributed by atoms with Crippen molar-refractivity contribution < 1.29 is 14.6 Å². The van der Waals surface area contributed by atoms with Crippen LogP contribution in [0.2, 0.25) is 0 Å². The number of carbonyl (C=O) groups is 1. The number of hydrogen-bond donors (Lipinski definition) is 2. The second kappa shape index (κ2) is 8.88. The Morgan fingerprint density at radius 1 is 1.21 bits per heavy atom. The zero-order valence-electron chi connectivity index (χ0n) is 16.1. The molecule has 0 atom stereocenters. The summed E-state index contributed by atoms with van der Waals surface area (Å²) in [6.07, 6.45) is 3.04. The van der Waals surface area contributed by atoms with Crippen molar-refractivity contribution in [3.05, 3.63) is 93.4 Å². The maximum absolute atomic E-state index is 12.7. The van der Waals surface area contributed by atoms with E-state index in [1.54, 1.807) is 24.4 Å². The van der Waals surface area contributed by atoms with Gasteiger partial charge in [-0.25, -0.2) is 5.43 Å². The molecule has 0 fully saturated rings. The van der Waals surface area contributed by atoms with Gasteiger partial charge in [0, 0.05) is 6.20 Å². The summed E-state index contributed by atoms with van der Waals surface area (Å²) in [7, 11) is 1.44. The quantitative estimate of drug-likeness (QED) is 0.499. The summed E-state index contributed by atoms with van der Waals surface area (Å²) in [5.74, 6) is -0.301. The van der Waals surface area contributed by atoms with E-state index in [2.05, 4.69) is 10.5 Å². The second-order valence-electron chi connectivity index (χ2n) is 6.47. The van der Waals surface area contributed by atoms with Crippen molar-refractivity contribution >= 4 is 12.1 Å². The van der Waals surface area contributed by atoms with E-state index in [0.29, 0.717) is 17.9 Å². The number of ether oxygens (including phenoxy) is 1. The third kappa shape index (κ3) is 4.90. The first-order chi connectivity index (χ1) is 14.0. The van der Waals surface area contributed by atoms with Crippen LogP contribution in [0.15, 0.2) is 70.7 Å². The molecule has 148 valence electrons. The fourth-order valence-electron chi connectivity index (χ4n) is 2.84. The maximum Gasteiger partial charge on any atom is 0.276 e. The number of pyridine rings is 1. The Kier molecular flexibility index (Phi) is 6.09. The molecule has 0 aliphatic heterocycles. The average molecular weight is 391 g/mol. The van der Waals surface area contributed by atoms with Crippen molar-refractivity contribution in [1.29, 1.82) is 0 Å². The Balaban J connectivity index is 1.73. The van der Waals surface area contributed by atoms with Gasteiger partial charge in [0.05, 0.1) is 19.9 Å². The van der Waals surface area contributed by atoms with Crippen molar-refractivity contribution in [3.63, 3.8) is 0 Å². The minimum atomic E-state index is -0.601. The van der Waals surface area contributed by atoms with E-state index in [1.165, 1.54) is 30.0 Å². The van der Waals surface area contributed by atoms with E-state index in [4.69, 9.17) is 4.74 Å². The number of nitrogens with one attached hydrogen (secondary N) is 1. The van der Waals surface area contributed by atoms with E-state index >= 15 is 0 Å². The molecule has 1 amide bonds. The number of phenols is 1. The lowest BCUT2D eigenvalue weighted by atomic mass is 10.1. The fraction of sp³-hybridized carbons (Fsp3) is 0.136. The zero-order valence-corrected chi connectivity index (χ0v) is 16.1. The lowest BCUT2D eigenvalue weighted by Crippen LogP contribution is -2.30. The molecule has 0 aliphatic carbocycles. The lowest BCUT2D eigenvalue weighted by molar-refractivity contribution is 0.0953. The Hall–Kier alpha value is -3.87. The number of rotatable bonds is 6. The van der Waals surface area contributed by atoms with Gasteiger partial charge in [-0.3, -0.25) is 9.59 Å². The first-order valence-electron chi connectivity index (χ1n) is 8.93. The molecule has 3 aromatic rings. The van der Waals surface area contributed by atoms with E-state index in [9.17, 15) is 14.7 Å². The normalized spacial score (nSPS) is 10.8. The van der Waals surface area contributed by atoms with Crippen LogP contribution < -0.4 is 15.7 Å². The first kappa shape index (κ1) is 19.9. The number of methoxy groups -OCH3 is 1. The number of phenolic OH excluding ortho intramolecular Hbond substituents is 1. The smallest absolute Gasteiger partial charge is 0.276 e. The molecule has 7 heteroatoms. The van der Waals surface area contributed by atoms with Gasteiger partial charge in [0.2, 0.25) is 0 Å². The predicted octanol–water partition coefficient (Wildman–Crippen LogP) is 2.68. The van der Waals surface area contributed by atoms with Crippen LogP contribution in [0.5, 0.6) is 11.5 Å². The summed E-state index contributed by atoms with van der Waals surface area (Å²) in [6, 6.07) is 15.6. The first-order valence-corrected chi connectivity index (χ1v) is 8.93. The zero-order chi connectivity index (χ0) is 20.8. The molecule has 0 bridgehead atoms. The molecule has 0 aliphatic rings. The Morgan fingerprint density at radius 3 is 2.79 bits per heavy atom. The molecule has 29 heavy (non-hydrogen) atoms. The number of aryl methyl sites for hydroxylation is 1. The van der Waals surface area contributed by atoms with E-state index < -0.39 is 11.5 Å². The van der Waals surface area contributed by atoms with Gasteiger partial charge in [-0.15, -0.1) is 0 Å². The number of amides is 1. The summed E-state index contributed by atoms with van der Waals surface area (Å²) < 4.78 is 6.51. The third-order valence-electron chi connectivity index (χ3n) is 4.28. The monoisotopic (exact) mass is 391 g/mol. The highest BCUT2D eigenvalue weighted by atomic mass is 16.5. The number of carbonyl (C=O) groups excluding carboxylic acids is 1. The summed E-state index contributed by atoms with van der Waals surface area (Å²) in [4.78, 5) is 25.0. The number of aromatic nitrogens is 1. The summed E-state index contributed by atoms with van der Waals surface area (Å²) in [5, 5.41) is 13.5. The summed E-state index contributed by atoms with van der Waals surface area (Å²) in [5.41, 5.74) is 4.65. The van der Waals surface area contributed by atoms with Crippen LogP contribution in [-0.2, 0) is 6.54 Å². The van der Waals surface area contributed by atoms with Crippen LogP contribution in [-0.4, -0.2) is 28.9 Å². The topological polar surface area (TPSA) is 92.9 Å². The van der Waals surface area contributed by atoms with Crippen molar-refractivity contribution in [1.82, 2.24) is 9.99 Å². The molecular weight excluding hydrogens is 370 g/mol. The van der Waals surface area contributed by atoms with Crippen molar-refractivity contribution in [2.24, 2.45) is 5.10 Å². The van der Waals surface area contributed by atoms with Crippen LogP contribution >= 0.6 is 0 Å². The second-order valence-corrected chi connectivity index (χ2v) is 6.47. The Bertz CT molecular complexity index is 1120. The van der Waals surface area contributed by atoms with Crippen LogP contribution in [0.4, 0.5) is 0 Å². The average Bonchev–Trinajstić information content (AvgIpc) is 2.70. The fourth-order valence-corrected chi connectivity index (χ4v) is 2.84. The molecule has 7 nitrogen and oxygen atoms in total. The van der Waals surface area contributed by atoms with Gasteiger partial charge in [0.25, 0.3) is 11.5 Å². The van der Waals surface area contributed by atoms with Gasteiger partial charge >= 0.3 is 0 Å². The number of hydrogen-bond acceptors (Lipinski definition) is 5. The number of benzene rings is 2. The molecule has 1 heterocycles. The van der Waals surface area contributed by atoms with Crippen molar-refractivity contribution in [2.45, 2.75) is 13.5 Å². The molecular formula is C22H21N3O4. The van der Waals surface area contributed by atoms with Crippen LogP contribution in [0.1, 0.15) is 27.0 Å². The van der Waals surface area contributed by atoms with Gasteiger partial charge in [0.15, 0.2) is 11.5 Å². The predicted molar refractivity (Wildman–Crippen MR) is 111 cm³/mol. The number of nitrogens with zero attached hydrogens (tertiary/aromatic N) is 2. The maximum atomic E-state index is 12.7. The largest absolute Gasteiger partial charge is 0.504 e. The summed E-state index contributed by atoms with van der Waals surface area (Å²) in [6.45, 7) is 2.36. The molecule has 0 saturated carbocycles. The molecule has 0 saturated heterocycles. The number of hydrazone groups is 1. The Morgan fingerprint density at radius 2 is 2.03 bits per heavy atom. The highest BCUT2D eigenvalue weighted by Crippen LogP contribution is 2.25. The minimum absolute atomic E-state index is 0.000546. The molecule has 0 unspecified atom stereocenters. The standard InChI is InChI=1S/C22H21N3O4/c1-15-5-3-6-17(11-15)14-25-10-4-7-18(22(25)28)21(27)24-23-13-16-8-9-19(26)20(12-16)29-2/h3-13,26H,14H2,1-2H3,(H,24,27)/b23-13-. The van der Waals surface area contributed by atoms with Gasteiger partial charge in [-0.2, -0.15) is 5.10 Å². The van der Waals surface area contributed by atoms with Gasteiger partial charge in [-0.05, 0) is 48.4 Å². The van der Waals surface area contributed by atoms with E-state index in [0.717, 1.165) is 11.1 Å². The van der Waals surface area contributed by atoms with E-state index in [-0.39, 0.29) is 11.3 Å². The Labute approximate surface area is 167 Å². The molecule has 0 spiro atoms. The molecule has 0 radical (unpaired) electrons. The molecule has 2 aromatic carbocycles. The number of aromatic hydroxyl groups is 1. The lowest BCUT2D eigenvalue weighted by Gasteiger charge is -2.08. The van der Waals surface area contributed by atoms with Crippen LogP contribution in [0.25, 0.3) is 0 Å². The SMILES string of the molecule is COc1cc(/C=N\NC(=O)c2cccn(Cc3cccc(C)c3)c2=O)ccc1O. The molecule has 3 rings (SSSR count). The van der Waals surface area contributed by atoms with Gasteiger partial charge in [0.1, 0.15) is 5.56 Å². The van der Waals surface area contributed by atoms with E-state index in [1.807, 2.05) is 31.2 Å².